The molecular formula is C29H16BrN2O+. The summed E-state index contributed by atoms with van der Waals surface area (Å²) >= 11 is 3.58. The zero-order valence-electron chi connectivity index (χ0n) is 17.4. The summed E-state index contributed by atoms with van der Waals surface area (Å²) in [6.07, 6.45) is 12.4. The van der Waals surface area contributed by atoms with E-state index in [1.165, 1.54) is 22.3 Å². The van der Waals surface area contributed by atoms with Crippen LogP contribution in [0.25, 0.3) is 22.5 Å². The van der Waals surface area contributed by atoms with E-state index in [2.05, 4.69) is 70.5 Å². The molecule has 3 aliphatic rings. The first kappa shape index (κ1) is 18.7. The summed E-state index contributed by atoms with van der Waals surface area (Å²) in [7, 11) is 0. The van der Waals surface area contributed by atoms with Crippen LogP contribution in [-0.4, -0.2) is 9.97 Å². The predicted octanol–water partition coefficient (Wildman–Crippen LogP) is 6.73. The van der Waals surface area contributed by atoms with Crippen LogP contribution < -0.4 is 4.74 Å². The second kappa shape index (κ2) is 6.82. The summed E-state index contributed by atoms with van der Waals surface area (Å²) < 4.78 is 7.20. The Balaban J connectivity index is 1.54. The van der Waals surface area contributed by atoms with Crippen molar-refractivity contribution in [1.29, 1.82) is 0 Å². The summed E-state index contributed by atoms with van der Waals surface area (Å²) in [4.78, 5) is 9.53. The normalized spacial score (nSPS) is 15.7. The fourth-order valence-electron chi connectivity index (χ4n) is 5.44. The summed E-state index contributed by atoms with van der Waals surface area (Å²) in [6, 6.07) is 23.5. The van der Waals surface area contributed by atoms with E-state index >= 15 is 0 Å². The minimum absolute atomic E-state index is 0.474. The van der Waals surface area contributed by atoms with Crippen LogP contribution in [0.5, 0.6) is 5.75 Å². The lowest BCUT2D eigenvalue weighted by Gasteiger charge is -2.29. The van der Waals surface area contributed by atoms with E-state index in [-0.39, 0.29) is 0 Å². The van der Waals surface area contributed by atoms with E-state index in [0.29, 0.717) is 0 Å². The third-order valence-corrected chi connectivity index (χ3v) is 7.32. The van der Waals surface area contributed by atoms with Crippen molar-refractivity contribution in [2.45, 2.75) is 5.41 Å². The molecule has 2 heterocycles. The van der Waals surface area contributed by atoms with Gasteiger partial charge in [0.1, 0.15) is 17.9 Å². The van der Waals surface area contributed by atoms with Crippen LogP contribution in [-0.2, 0) is 5.41 Å². The smallest absolute Gasteiger partial charge is 0.256 e. The molecule has 2 aromatic carbocycles. The van der Waals surface area contributed by atoms with E-state index in [9.17, 15) is 0 Å². The third-order valence-electron chi connectivity index (χ3n) is 6.67. The molecule has 0 saturated heterocycles. The fourth-order valence-corrected chi connectivity index (χ4v) is 5.77. The van der Waals surface area contributed by atoms with Gasteiger partial charge in [-0.15, -0.1) is 0 Å². The molecule has 3 aliphatic carbocycles. The number of hydrogen-bond donors (Lipinski definition) is 0. The molecule has 2 aromatic heterocycles. The summed E-state index contributed by atoms with van der Waals surface area (Å²) in [5.41, 5.74) is 8.64. The van der Waals surface area contributed by atoms with E-state index in [1.807, 2.05) is 48.8 Å². The third kappa shape index (κ3) is 2.42. The summed E-state index contributed by atoms with van der Waals surface area (Å²) in [6.45, 7) is 0. The second-order valence-corrected chi connectivity index (χ2v) is 9.12. The van der Waals surface area contributed by atoms with Gasteiger partial charge in [-0.2, -0.15) is 0 Å². The van der Waals surface area contributed by atoms with Crippen LogP contribution in [0.15, 0.2) is 108 Å². The number of rotatable bonds is 2. The van der Waals surface area contributed by atoms with E-state index in [0.717, 1.165) is 38.5 Å². The number of allylic oxidation sites excluding steroid dienone is 5. The number of benzene rings is 2. The number of ether oxygens (including phenoxy) is 1. The maximum atomic E-state index is 6.30. The molecule has 0 radical (unpaired) electrons. The van der Waals surface area contributed by atoms with Crippen LogP contribution in [0.3, 0.4) is 0 Å². The number of halogens is 1. The lowest BCUT2D eigenvalue weighted by molar-refractivity contribution is 0.442. The van der Waals surface area contributed by atoms with Crippen molar-refractivity contribution >= 4 is 15.9 Å². The van der Waals surface area contributed by atoms with Crippen molar-refractivity contribution in [3.05, 3.63) is 136 Å². The quantitative estimate of drug-likeness (QED) is 0.254. The van der Waals surface area contributed by atoms with E-state index < -0.39 is 5.41 Å². The molecule has 0 bridgehead atoms. The lowest BCUT2D eigenvalue weighted by Crippen LogP contribution is -2.26. The van der Waals surface area contributed by atoms with Gasteiger partial charge in [-0.3, -0.25) is 9.97 Å². The van der Waals surface area contributed by atoms with Crippen LogP contribution in [0.4, 0.5) is 0 Å². The summed E-state index contributed by atoms with van der Waals surface area (Å²) in [5, 5.41) is 0. The highest BCUT2D eigenvalue weighted by atomic mass is 79.9. The Morgan fingerprint density at radius 2 is 1.45 bits per heavy atom. The molecule has 0 fully saturated rings. The van der Waals surface area contributed by atoms with Gasteiger partial charge in [0.05, 0.1) is 22.9 Å². The first-order chi connectivity index (χ1) is 16.3. The second-order valence-electron chi connectivity index (χ2n) is 8.26. The Morgan fingerprint density at radius 1 is 0.758 bits per heavy atom. The largest absolute Gasteiger partial charge is 0.396 e. The molecule has 0 aliphatic heterocycles. The molecule has 0 N–H and O–H groups in total. The average molecular weight is 488 g/mol. The molecule has 154 valence electrons. The van der Waals surface area contributed by atoms with Crippen LogP contribution in [0, 0.1) is 6.08 Å². The zero-order chi connectivity index (χ0) is 22.0. The Hall–Kier alpha value is -3.85. The minimum atomic E-state index is -0.474. The average Bonchev–Trinajstić information content (AvgIpc) is 3.33. The van der Waals surface area contributed by atoms with Gasteiger partial charge in [-0.1, -0.05) is 42.5 Å². The highest BCUT2D eigenvalue weighted by Crippen LogP contribution is 2.62. The number of nitrogens with zero attached hydrogens (tertiary/aromatic N) is 2. The van der Waals surface area contributed by atoms with Crippen molar-refractivity contribution in [2.24, 2.45) is 0 Å². The van der Waals surface area contributed by atoms with Gasteiger partial charge in [0.2, 0.25) is 0 Å². The molecule has 0 atom stereocenters. The molecule has 0 amide bonds. The highest BCUT2D eigenvalue weighted by Gasteiger charge is 2.52. The lowest BCUT2D eigenvalue weighted by atomic mass is 9.71. The molecule has 7 rings (SSSR count). The number of hydrogen-bond acceptors (Lipinski definition) is 3. The summed E-state index contributed by atoms with van der Waals surface area (Å²) in [5.74, 6) is 1.52. The van der Waals surface area contributed by atoms with Crippen molar-refractivity contribution in [1.82, 2.24) is 9.97 Å². The van der Waals surface area contributed by atoms with Crippen molar-refractivity contribution in [2.75, 3.05) is 0 Å². The van der Waals surface area contributed by atoms with E-state index in [1.54, 1.807) is 0 Å². The maximum absolute atomic E-state index is 6.30. The van der Waals surface area contributed by atoms with Gasteiger partial charge in [0.15, 0.2) is 4.48 Å². The molecule has 0 saturated carbocycles. The Labute approximate surface area is 199 Å². The first-order valence-electron chi connectivity index (χ1n) is 10.8. The van der Waals surface area contributed by atoms with Gasteiger partial charge >= 0.3 is 0 Å². The Bertz CT molecular complexity index is 1500. The molecule has 33 heavy (non-hydrogen) atoms. The zero-order valence-corrected chi connectivity index (χ0v) is 19.0. The van der Waals surface area contributed by atoms with Crippen LogP contribution in [0.1, 0.15) is 22.3 Å². The maximum Gasteiger partial charge on any atom is 0.256 e. The molecule has 1 spiro atoms. The minimum Gasteiger partial charge on any atom is -0.396 e. The fraction of sp³-hybridized carbons (Fsp3) is 0.0345. The topological polar surface area (TPSA) is 35.0 Å². The number of aromatic nitrogens is 2. The molecule has 3 nitrogen and oxygen atoms in total. The first-order valence-corrected chi connectivity index (χ1v) is 11.6. The Kier molecular flexibility index (Phi) is 3.87. The van der Waals surface area contributed by atoms with Gasteiger partial charge in [-0.25, -0.2) is 0 Å². The molecular weight excluding hydrogens is 472 g/mol. The molecule has 4 heteroatoms. The van der Waals surface area contributed by atoms with Gasteiger partial charge in [-0.05, 0) is 73.6 Å². The number of fused-ring (bicyclic) bond motifs is 10. The van der Waals surface area contributed by atoms with Crippen LogP contribution >= 0.6 is 15.9 Å². The monoisotopic (exact) mass is 487 g/mol. The standard InChI is InChI=1S/C29H16BrN2O/c30-25-11-3-4-12-26(25)33-18-13-14-20-19-7-1-2-8-21(19)29(24(20)17-18)22-9-5-15-31-27(22)28-23(29)10-6-16-32-28/h1-3,5-17H/q+1. The molecule has 4 aromatic rings. The Morgan fingerprint density at radius 3 is 2.21 bits per heavy atom. The van der Waals surface area contributed by atoms with Gasteiger partial charge in [0, 0.05) is 18.5 Å². The van der Waals surface area contributed by atoms with Crippen molar-refractivity contribution in [3.8, 4) is 28.3 Å². The van der Waals surface area contributed by atoms with E-state index in [4.69, 9.17) is 14.7 Å². The van der Waals surface area contributed by atoms with Gasteiger partial charge in [0.25, 0.3) is 5.76 Å². The van der Waals surface area contributed by atoms with Crippen LogP contribution in [0.2, 0.25) is 0 Å². The SMILES string of the molecule is BrC1=C(Oc2ccc3c(c2)C2(c4ccccc4-3)c3cccnc3-c3ncccc32)C=[C+]C=C1. The van der Waals surface area contributed by atoms with Crippen molar-refractivity contribution in [3.63, 3.8) is 0 Å². The predicted molar refractivity (Wildman–Crippen MR) is 132 cm³/mol. The number of pyridine rings is 2. The van der Waals surface area contributed by atoms with Gasteiger partial charge < -0.3 is 4.74 Å². The highest BCUT2D eigenvalue weighted by molar-refractivity contribution is 9.11. The molecule has 0 unspecified atom stereocenters. The van der Waals surface area contributed by atoms with Crippen molar-refractivity contribution < 1.29 is 4.74 Å².